The highest BCUT2D eigenvalue weighted by Crippen LogP contribution is 2.40. The Hall–Kier alpha value is 0. The summed E-state index contributed by atoms with van der Waals surface area (Å²) in [6, 6.07) is 0. The highest BCUT2D eigenvalue weighted by Gasteiger charge is 2.31. The van der Waals surface area contributed by atoms with Gasteiger partial charge in [-0.05, 0) is 42.4 Å². The average molecular weight is 168 g/mol. The van der Waals surface area contributed by atoms with Crippen LogP contribution in [-0.2, 0) is 0 Å². The molecule has 2 atom stereocenters. The molecule has 12 heavy (non-hydrogen) atoms. The Kier molecular flexibility index (Phi) is 3.20. The van der Waals surface area contributed by atoms with Crippen molar-refractivity contribution in [1.82, 2.24) is 0 Å². The van der Waals surface area contributed by atoms with E-state index in [9.17, 15) is 0 Å². The van der Waals surface area contributed by atoms with Crippen LogP contribution in [0.25, 0.3) is 0 Å². The van der Waals surface area contributed by atoms with Crippen molar-refractivity contribution in [2.75, 3.05) is 0 Å². The van der Waals surface area contributed by atoms with E-state index in [1.165, 1.54) is 12.8 Å². The average Bonchev–Trinajstić information content (AvgIpc) is 1.99. The van der Waals surface area contributed by atoms with Gasteiger partial charge in [-0.3, -0.25) is 0 Å². The van der Waals surface area contributed by atoms with Crippen LogP contribution in [0.5, 0.6) is 0 Å². The van der Waals surface area contributed by atoms with Gasteiger partial charge < -0.3 is 0 Å². The normalized spacial score (nSPS) is 43.5. The van der Waals surface area contributed by atoms with Gasteiger partial charge in [0, 0.05) is 0 Å². The molecule has 0 nitrogen and oxygen atoms in total. The molecule has 0 bridgehead atoms. The molecule has 1 aliphatic rings. The zero-order chi connectivity index (χ0) is 9.30. The Morgan fingerprint density at radius 1 is 0.917 bits per heavy atom. The second-order valence-corrected chi connectivity index (χ2v) is 5.29. The molecule has 1 saturated carbocycles. The van der Waals surface area contributed by atoms with Crippen LogP contribution in [0.4, 0.5) is 0 Å². The lowest BCUT2D eigenvalue weighted by molar-refractivity contribution is 0.114. The van der Waals surface area contributed by atoms with Gasteiger partial charge in [0.05, 0.1) is 0 Å². The monoisotopic (exact) mass is 168 g/mol. The van der Waals surface area contributed by atoms with Crippen molar-refractivity contribution in [2.24, 2.45) is 29.6 Å². The Morgan fingerprint density at radius 3 is 1.67 bits per heavy atom. The second-order valence-electron chi connectivity index (χ2n) is 5.29. The van der Waals surface area contributed by atoms with Crippen molar-refractivity contribution in [3.05, 3.63) is 0 Å². The van der Waals surface area contributed by atoms with E-state index in [0.29, 0.717) is 0 Å². The first-order valence-electron chi connectivity index (χ1n) is 5.52. The van der Waals surface area contributed by atoms with Gasteiger partial charge in [0.2, 0.25) is 0 Å². The number of rotatable bonds is 1. The summed E-state index contributed by atoms with van der Waals surface area (Å²) in [6.45, 7) is 12.0. The summed E-state index contributed by atoms with van der Waals surface area (Å²) in [6.07, 6.45) is 2.92. The SMILES string of the molecule is CC(C)C1CC(C)C(C)C(C)C1. The topological polar surface area (TPSA) is 0 Å². The molecule has 0 spiro atoms. The fraction of sp³-hybridized carbons (Fsp3) is 1.00. The molecule has 0 aliphatic heterocycles. The fourth-order valence-corrected chi connectivity index (χ4v) is 2.59. The molecule has 2 unspecified atom stereocenters. The highest BCUT2D eigenvalue weighted by molar-refractivity contribution is 4.81. The zero-order valence-electron chi connectivity index (χ0n) is 9.30. The van der Waals surface area contributed by atoms with Crippen molar-refractivity contribution >= 4 is 0 Å². The van der Waals surface area contributed by atoms with Crippen molar-refractivity contribution < 1.29 is 0 Å². The second kappa shape index (κ2) is 3.81. The third-order valence-corrected chi connectivity index (χ3v) is 4.09. The van der Waals surface area contributed by atoms with Gasteiger partial charge in [0.25, 0.3) is 0 Å². The van der Waals surface area contributed by atoms with E-state index in [4.69, 9.17) is 0 Å². The predicted molar refractivity (Wildman–Crippen MR) is 55.1 cm³/mol. The van der Waals surface area contributed by atoms with E-state index in [2.05, 4.69) is 34.6 Å². The third-order valence-electron chi connectivity index (χ3n) is 4.09. The maximum absolute atomic E-state index is 2.43. The summed E-state index contributed by atoms with van der Waals surface area (Å²) in [7, 11) is 0. The molecule has 0 aromatic carbocycles. The van der Waals surface area contributed by atoms with Gasteiger partial charge in [0.15, 0.2) is 0 Å². The van der Waals surface area contributed by atoms with Gasteiger partial charge in [-0.25, -0.2) is 0 Å². The fourth-order valence-electron chi connectivity index (χ4n) is 2.59. The Morgan fingerprint density at radius 2 is 1.33 bits per heavy atom. The minimum Gasteiger partial charge on any atom is -0.0625 e. The van der Waals surface area contributed by atoms with Gasteiger partial charge in [-0.1, -0.05) is 34.6 Å². The lowest BCUT2D eigenvalue weighted by atomic mass is 9.67. The Bertz CT molecular complexity index is 125. The lowest BCUT2D eigenvalue weighted by Gasteiger charge is -2.39. The molecule has 0 heteroatoms. The van der Waals surface area contributed by atoms with Crippen molar-refractivity contribution in [2.45, 2.75) is 47.5 Å². The molecule has 72 valence electrons. The molecule has 0 radical (unpaired) electrons. The van der Waals surface area contributed by atoms with Crippen molar-refractivity contribution in [3.63, 3.8) is 0 Å². The van der Waals surface area contributed by atoms with Crippen LogP contribution in [0.1, 0.15) is 47.5 Å². The Labute approximate surface area is 77.7 Å². The largest absolute Gasteiger partial charge is 0.0625 e. The summed E-state index contributed by atoms with van der Waals surface area (Å²) in [5.74, 6) is 4.72. The quantitative estimate of drug-likeness (QED) is 0.556. The van der Waals surface area contributed by atoms with Gasteiger partial charge in [-0.2, -0.15) is 0 Å². The van der Waals surface area contributed by atoms with E-state index >= 15 is 0 Å². The molecule has 0 heterocycles. The lowest BCUT2D eigenvalue weighted by Crippen LogP contribution is -2.30. The van der Waals surface area contributed by atoms with Crippen LogP contribution in [-0.4, -0.2) is 0 Å². The van der Waals surface area contributed by atoms with Gasteiger partial charge in [0.1, 0.15) is 0 Å². The predicted octanol–water partition coefficient (Wildman–Crippen LogP) is 3.96. The molecule has 1 rings (SSSR count). The standard InChI is InChI=1S/C12H24/c1-8(2)12-6-9(3)11(5)10(4)7-12/h8-12H,6-7H2,1-5H3. The molecular weight excluding hydrogens is 144 g/mol. The van der Waals surface area contributed by atoms with E-state index in [1.807, 2.05) is 0 Å². The summed E-state index contributed by atoms with van der Waals surface area (Å²) in [4.78, 5) is 0. The zero-order valence-corrected chi connectivity index (χ0v) is 9.30. The maximum Gasteiger partial charge on any atom is -0.0386 e. The molecule has 0 amide bonds. The molecule has 1 fully saturated rings. The number of hydrogen-bond acceptors (Lipinski definition) is 0. The maximum atomic E-state index is 2.43. The smallest absolute Gasteiger partial charge is 0.0386 e. The number of hydrogen-bond donors (Lipinski definition) is 0. The van der Waals surface area contributed by atoms with E-state index < -0.39 is 0 Å². The first kappa shape index (κ1) is 10.1. The molecular formula is C12H24. The van der Waals surface area contributed by atoms with Crippen LogP contribution in [0, 0.1) is 29.6 Å². The minimum absolute atomic E-state index is 0.891. The first-order valence-corrected chi connectivity index (χ1v) is 5.52. The minimum atomic E-state index is 0.891. The van der Waals surface area contributed by atoms with E-state index in [0.717, 1.165) is 29.6 Å². The van der Waals surface area contributed by atoms with Crippen LogP contribution in [0.15, 0.2) is 0 Å². The van der Waals surface area contributed by atoms with Crippen molar-refractivity contribution in [1.29, 1.82) is 0 Å². The molecule has 0 saturated heterocycles. The van der Waals surface area contributed by atoms with Crippen LogP contribution >= 0.6 is 0 Å². The molecule has 0 aromatic heterocycles. The van der Waals surface area contributed by atoms with Crippen LogP contribution < -0.4 is 0 Å². The molecule has 0 aromatic rings. The van der Waals surface area contributed by atoms with Gasteiger partial charge >= 0.3 is 0 Å². The van der Waals surface area contributed by atoms with E-state index in [-0.39, 0.29) is 0 Å². The highest BCUT2D eigenvalue weighted by atomic mass is 14.4. The molecule has 0 N–H and O–H groups in total. The van der Waals surface area contributed by atoms with E-state index in [1.54, 1.807) is 0 Å². The summed E-state index contributed by atoms with van der Waals surface area (Å²) >= 11 is 0. The first-order chi connectivity index (χ1) is 5.52. The van der Waals surface area contributed by atoms with Crippen LogP contribution in [0.3, 0.4) is 0 Å². The van der Waals surface area contributed by atoms with Crippen LogP contribution in [0.2, 0.25) is 0 Å². The summed E-state index contributed by atoms with van der Waals surface area (Å²) in [5, 5.41) is 0. The third kappa shape index (κ3) is 2.02. The van der Waals surface area contributed by atoms with Crippen molar-refractivity contribution in [3.8, 4) is 0 Å². The summed E-state index contributed by atoms with van der Waals surface area (Å²) in [5.41, 5.74) is 0. The summed E-state index contributed by atoms with van der Waals surface area (Å²) < 4.78 is 0. The van der Waals surface area contributed by atoms with Gasteiger partial charge in [-0.15, -0.1) is 0 Å². The molecule has 1 aliphatic carbocycles. The Balaban J connectivity index is 2.53.